The summed E-state index contributed by atoms with van der Waals surface area (Å²) < 4.78 is 8.77. The first kappa shape index (κ1) is 11.9. The second kappa shape index (κ2) is 4.73. The molecule has 0 fully saturated rings. The van der Waals surface area contributed by atoms with Crippen molar-refractivity contribution in [3.8, 4) is 11.3 Å². The van der Waals surface area contributed by atoms with Gasteiger partial charge < -0.3 is 10.5 Å². The summed E-state index contributed by atoms with van der Waals surface area (Å²) in [5.41, 5.74) is 7.52. The Morgan fingerprint density at radius 3 is 2.94 bits per heavy atom. The zero-order valence-electron chi connectivity index (χ0n) is 8.94. The van der Waals surface area contributed by atoms with Crippen LogP contribution < -0.4 is 5.73 Å². The Bertz CT molecular complexity index is 568. The van der Waals surface area contributed by atoms with Gasteiger partial charge in [-0.2, -0.15) is 4.37 Å². The minimum atomic E-state index is -0.478. The van der Waals surface area contributed by atoms with E-state index >= 15 is 0 Å². The van der Waals surface area contributed by atoms with E-state index in [1.165, 1.54) is 7.11 Å². The van der Waals surface area contributed by atoms with E-state index in [-0.39, 0.29) is 0 Å². The number of carbonyl (C=O) groups is 1. The standard InChI is InChI=1S/C11H9ClN2O2S/c1-16-11(15)10-8(13)9(14-17-10)6-3-2-4-7(12)5-6/h2-5H,13H2,1H3. The molecule has 0 aliphatic carbocycles. The zero-order valence-corrected chi connectivity index (χ0v) is 10.5. The van der Waals surface area contributed by atoms with Gasteiger partial charge in [0.2, 0.25) is 0 Å². The Balaban J connectivity index is 2.48. The van der Waals surface area contributed by atoms with Gasteiger partial charge in [-0.1, -0.05) is 23.7 Å². The van der Waals surface area contributed by atoms with Crippen molar-refractivity contribution in [1.29, 1.82) is 0 Å². The normalized spacial score (nSPS) is 10.2. The van der Waals surface area contributed by atoms with Gasteiger partial charge in [-0.3, -0.25) is 0 Å². The average molecular weight is 269 g/mol. The molecule has 17 heavy (non-hydrogen) atoms. The lowest BCUT2D eigenvalue weighted by Gasteiger charge is -2.00. The average Bonchev–Trinajstić information content (AvgIpc) is 2.70. The highest BCUT2D eigenvalue weighted by Crippen LogP contribution is 2.32. The maximum Gasteiger partial charge on any atom is 0.351 e. The number of ether oxygens (including phenoxy) is 1. The van der Waals surface area contributed by atoms with Gasteiger partial charge in [-0.15, -0.1) is 0 Å². The molecule has 0 radical (unpaired) electrons. The van der Waals surface area contributed by atoms with Crippen molar-refractivity contribution in [2.45, 2.75) is 0 Å². The Labute approximate surface area is 107 Å². The molecular weight excluding hydrogens is 260 g/mol. The lowest BCUT2D eigenvalue weighted by molar-refractivity contribution is 0.0607. The molecule has 1 aromatic heterocycles. The topological polar surface area (TPSA) is 65.2 Å². The third-order valence-electron chi connectivity index (χ3n) is 2.20. The number of nitrogen functional groups attached to an aromatic ring is 1. The molecular formula is C11H9ClN2O2S. The minimum Gasteiger partial charge on any atom is -0.465 e. The lowest BCUT2D eigenvalue weighted by atomic mass is 10.1. The number of hydrogen-bond donors (Lipinski definition) is 1. The third-order valence-corrected chi connectivity index (χ3v) is 3.27. The van der Waals surface area contributed by atoms with Crippen LogP contribution in [0, 0.1) is 0 Å². The highest BCUT2D eigenvalue weighted by Gasteiger charge is 2.18. The van der Waals surface area contributed by atoms with E-state index in [1.54, 1.807) is 18.2 Å². The van der Waals surface area contributed by atoms with E-state index < -0.39 is 5.97 Å². The second-order valence-corrected chi connectivity index (χ2v) is 4.49. The van der Waals surface area contributed by atoms with E-state index in [0.29, 0.717) is 21.3 Å². The smallest absolute Gasteiger partial charge is 0.351 e. The molecule has 0 spiro atoms. The van der Waals surface area contributed by atoms with E-state index in [9.17, 15) is 4.79 Å². The van der Waals surface area contributed by atoms with Crippen LogP contribution in [0.3, 0.4) is 0 Å². The molecule has 0 bridgehead atoms. The second-order valence-electron chi connectivity index (χ2n) is 3.28. The molecule has 0 saturated heterocycles. The zero-order chi connectivity index (χ0) is 12.4. The molecule has 6 heteroatoms. The predicted molar refractivity (Wildman–Crippen MR) is 68.3 cm³/mol. The fourth-order valence-electron chi connectivity index (χ4n) is 1.38. The van der Waals surface area contributed by atoms with Crippen LogP contribution >= 0.6 is 23.1 Å². The van der Waals surface area contributed by atoms with Crippen LogP contribution in [0.15, 0.2) is 24.3 Å². The van der Waals surface area contributed by atoms with Crippen molar-refractivity contribution in [2.24, 2.45) is 0 Å². The fourth-order valence-corrected chi connectivity index (χ4v) is 2.31. The maximum absolute atomic E-state index is 11.4. The van der Waals surface area contributed by atoms with Crippen molar-refractivity contribution in [3.63, 3.8) is 0 Å². The van der Waals surface area contributed by atoms with Crippen LogP contribution in [-0.2, 0) is 4.74 Å². The van der Waals surface area contributed by atoms with Crippen LogP contribution in [0.1, 0.15) is 9.67 Å². The summed E-state index contributed by atoms with van der Waals surface area (Å²) in [5.74, 6) is -0.478. The minimum absolute atomic E-state index is 0.308. The van der Waals surface area contributed by atoms with Gasteiger partial charge in [0.1, 0.15) is 5.69 Å². The summed E-state index contributed by atoms with van der Waals surface area (Å²) in [6.45, 7) is 0. The molecule has 2 aromatic rings. The van der Waals surface area contributed by atoms with E-state index in [1.807, 2.05) is 6.07 Å². The predicted octanol–water partition coefficient (Wildman–Crippen LogP) is 2.83. The number of halogens is 1. The number of hydrogen-bond acceptors (Lipinski definition) is 5. The Morgan fingerprint density at radius 1 is 1.53 bits per heavy atom. The lowest BCUT2D eigenvalue weighted by Crippen LogP contribution is -2.02. The van der Waals surface area contributed by atoms with Crippen LogP contribution in [0.25, 0.3) is 11.3 Å². The van der Waals surface area contributed by atoms with Gasteiger partial charge in [-0.25, -0.2) is 4.79 Å². The van der Waals surface area contributed by atoms with Gasteiger partial charge >= 0.3 is 5.97 Å². The van der Waals surface area contributed by atoms with E-state index in [0.717, 1.165) is 17.1 Å². The Hall–Kier alpha value is -1.59. The third kappa shape index (κ3) is 2.25. The first-order chi connectivity index (χ1) is 8.13. The summed E-state index contributed by atoms with van der Waals surface area (Å²) in [4.78, 5) is 11.7. The van der Waals surface area contributed by atoms with E-state index in [2.05, 4.69) is 9.11 Å². The number of rotatable bonds is 2. The first-order valence-electron chi connectivity index (χ1n) is 4.73. The van der Waals surface area contributed by atoms with Crippen LogP contribution in [0.4, 0.5) is 5.69 Å². The molecule has 0 amide bonds. The van der Waals surface area contributed by atoms with Gasteiger partial charge in [0.15, 0.2) is 4.88 Å². The van der Waals surface area contributed by atoms with Gasteiger partial charge in [-0.05, 0) is 23.7 Å². The summed E-state index contributed by atoms with van der Waals surface area (Å²) in [6.07, 6.45) is 0. The van der Waals surface area contributed by atoms with Crippen LogP contribution in [-0.4, -0.2) is 17.5 Å². The molecule has 2 rings (SSSR count). The summed E-state index contributed by atoms with van der Waals surface area (Å²) >= 11 is 6.90. The molecule has 0 atom stereocenters. The van der Waals surface area contributed by atoms with Gasteiger partial charge in [0.05, 0.1) is 12.8 Å². The number of esters is 1. The fraction of sp³-hybridized carbons (Fsp3) is 0.0909. The van der Waals surface area contributed by atoms with Crippen molar-refractivity contribution in [2.75, 3.05) is 12.8 Å². The van der Waals surface area contributed by atoms with Crippen LogP contribution in [0.5, 0.6) is 0 Å². The van der Waals surface area contributed by atoms with Crippen LogP contribution in [0.2, 0.25) is 5.02 Å². The molecule has 1 heterocycles. The largest absolute Gasteiger partial charge is 0.465 e. The number of aromatic nitrogens is 1. The number of nitrogens with two attached hydrogens (primary N) is 1. The van der Waals surface area contributed by atoms with Crippen molar-refractivity contribution < 1.29 is 9.53 Å². The molecule has 1 aromatic carbocycles. The monoisotopic (exact) mass is 268 g/mol. The summed E-state index contributed by atoms with van der Waals surface area (Å²) in [5, 5.41) is 0.592. The number of carbonyl (C=O) groups excluding carboxylic acids is 1. The number of anilines is 1. The van der Waals surface area contributed by atoms with Crippen molar-refractivity contribution >= 4 is 34.8 Å². The number of methoxy groups -OCH3 is 1. The molecule has 88 valence electrons. The SMILES string of the molecule is COC(=O)c1snc(-c2cccc(Cl)c2)c1N. The van der Waals surface area contributed by atoms with Gasteiger partial charge in [0, 0.05) is 10.6 Å². The van der Waals surface area contributed by atoms with Crippen molar-refractivity contribution in [1.82, 2.24) is 4.37 Å². The number of benzene rings is 1. The molecule has 0 aliphatic rings. The highest BCUT2D eigenvalue weighted by atomic mass is 35.5. The molecule has 0 saturated carbocycles. The Morgan fingerprint density at radius 2 is 2.29 bits per heavy atom. The molecule has 4 nitrogen and oxygen atoms in total. The number of nitrogens with zero attached hydrogens (tertiary/aromatic N) is 1. The summed E-state index contributed by atoms with van der Waals surface area (Å²) in [7, 11) is 1.31. The van der Waals surface area contributed by atoms with Crippen molar-refractivity contribution in [3.05, 3.63) is 34.2 Å². The Kier molecular flexibility index (Phi) is 3.31. The molecule has 0 aliphatic heterocycles. The highest BCUT2D eigenvalue weighted by molar-refractivity contribution is 7.09. The molecule has 0 unspecified atom stereocenters. The molecule has 2 N–H and O–H groups in total. The maximum atomic E-state index is 11.4. The summed E-state index contributed by atoms with van der Waals surface area (Å²) in [6, 6.07) is 7.13. The first-order valence-corrected chi connectivity index (χ1v) is 5.88. The van der Waals surface area contributed by atoms with E-state index in [4.69, 9.17) is 17.3 Å². The van der Waals surface area contributed by atoms with Gasteiger partial charge in [0.25, 0.3) is 0 Å². The quantitative estimate of drug-likeness (QED) is 0.851.